The number of nitrogens with two attached hydrogens (primary N) is 1. The summed E-state index contributed by atoms with van der Waals surface area (Å²) in [7, 11) is 3.21. The smallest absolute Gasteiger partial charge is 0.149 e. The molecule has 0 aliphatic rings. The lowest BCUT2D eigenvalue weighted by molar-refractivity contribution is 0.397. The molecule has 0 fully saturated rings. The number of rotatable bonds is 6. The highest BCUT2D eigenvalue weighted by Crippen LogP contribution is 2.36. The van der Waals surface area contributed by atoms with Gasteiger partial charge in [0.25, 0.3) is 0 Å². The van der Waals surface area contributed by atoms with E-state index in [-0.39, 0.29) is 0 Å². The summed E-state index contributed by atoms with van der Waals surface area (Å²) < 4.78 is 10.5. The Morgan fingerprint density at radius 3 is 2.11 bits per heavy atom. The quantitative estimate of drug-likeness (QED) is 0.627. The van der Waals surface area contributed by atoms with Crippen LogP contribution < -0.4 is 15.2 Å². The molecule has 4 heteroatoms. The molecule has 0 spiro atoms. The average Bonchev–Trinajstić information content (AvgIpc) is 2.47. The lowest BCUT2D eigenvalue weighted by Gasteiger charge is -2.10. The van der Waals surface area contributed by atoms with E-state index in [0.29, 0.717) is 23.0 Å². The summed E-state index contributed by atoms with van der Waals surface area (Å²) in [6, 6.07) is 5.54. The summed E-state index contributed by atoms with van der Waals surface area (Å²) in [6.07, 6.45) is 2.92. The molecule has 0 aromatic heterocycles. The number of amidine groups is 1. The Kier molecular flexibility index (Phi) is 9.31. The number of hydrogen-bond donors (Lipinski definition) is 1. The SMILES string of the molecule is CC.CCCCC(N)=Nc1c(OC)cccc1OC. The summed E-state index contributed by atoms with van der Waals surface area (Å²) >= 11 is 0. The first-order valence-corrected chi connectivity index (χ1v) is 6.77. The van der Waals surface area contributed by atoms with Gasteiger partial charge in [0.05, 0.1) is 20.1 Å². The van der Waals surface area contributed by atoms with Crippen molar-refractivity contribution >= 4 is 11.5 Å². The molecule has 0 aliphatic heterocycles. The Hall–Kier alpha value is -1.71. The second-order valence-electron chi connectivity index (χ2n) is 3.72. The van der Waals surface area contributed by atoms with E-state index in [9.17, 15) is 0 Å². The van der Waals surface area contributed by atoms with E-state index in [4.69, 9.17) is 15.2 Å². The molecule has 2 N–H and O–H groups in total. The van der Waals surface area contributed by atoms with Crippen LogP contribution in [0.1, 0.15) is 40.0 Å². The number of nitrogens with zero attached hydrogens (tertiary/aromatic N) is 1. The monoisotopic (exact) mass is 266 g/mol. The lowest BCUT2D eigenvalue weighted by Crippen LogP contribution is -2.10. The van der Waals surface area contributed by atoms with Crippen LogP contribution in [0.25, 0.3) is 0 Å². The number of unbranched alkanes of at least 4 members (excludes halogenated alkanes) is 1. The maximum Gasteiger partial charge on any atom is 0.149 e. The van der Waals surface area contributed by atoms with E-state index in [1.165, 1.54) is 0 Å². The van der Waals surface area contributed by atoms with E-state index in [2.05, 4.69) is 11.9 Å². The Morgan fingerprint density at radius 1 is 1.16 bits per heavy atom. The van der Waals surface area contributed by atoms with Crippen LogP contribution in [0.4, 0.5) is 5.69 Å². The van der Waals surface area contributed by atoms with Crippen molar-refractivity contribution in [1.82, 2.24) is 0 Å². The predicted octanol–water partition coefficient (Wildman–Crippen LogP) is 3.91. The first-order chi connectivity index (χ1) is 9.22. The minimum Gasteiger partial charge on any atom is -0.494 e. The number of methoxy groups -OCH3 is 2. The average molecular weight is 266 g/mol. The Labute approximate surface area is 116 Å². The van der Waals surface area contributed by atoms with Crippen molar-refractivity contribution in [3.8, 4) is 11.5 Å². The molecule has 0 aliphatic carbocycles. The molecule has 0 amide bonds. The van der Waals surface area contributed by atoms with Gasteiger partial charge in [0.2, 0.25) is 0 Å². The summed E-state index contributed by atoms with van der Waals surface area (Å²) in [5.41, 5.74) is 6.54. The van der Waals surface area contributed by atoms with Gasteiger partial charge in [-0.15, -0.1) is 0 Å². The molecule has 1 aromatic rings. The van der Waals surface area contributed by atoms with Gasteiger partial charge in [0.15, 0.2) is 0 Å². The molecule has 0 unspecified atom stereocenters. The molecule has 108 valence electrons. The third-order valence-electron chi connectivity index (χ3n) is 2.44. The molecule has 0 radical (unpaired) electrons. The third kappa shape index (κ3) is 5.64. The van der Waals surface area contributed by atoms with Crippen LogP contribution in [0.3, 0.4) is 0 Å². The van der Waals surface area contributed by atoms with Crippen LogP contribution in [-0.4, -0.2) is 20.1 Å². The van der Waals surface area contributed by atoms with Gasteiger partial charge < -0.3 is 15.2 Å². The predicted molar refractivity (Wildman–Crippen MR) is 81.7 cm³/mol. The molecule has 0 saturated heterocycles. The zero-order chi connectivity index (χ0) is 14.7. The summed E-state index contributed by atoms with van der Waals surface area (Å²) in [5, 5.41) is 0. The Bertz CT molecular complexity index is 367. The first kappa shape index (κ1) is 17.3. The number of benzene rings is 1. The van der Waals surface area contributed by atoms with Crippen LogP contribution in [0, 0.1) is 0 Å². The zero-order valence-corrected chi connectivity index (χ0v) is 12.7. The molecule has 0 heterocycles. The van der Waals surface area contributed by atoms with E-state index < -0.39 is 0 Å². The Morgan fingerprint density at radius 2 is 1.68 bits per heavy atom. The minimum absolute atomic E-state index is 0.606. The third-order valence-corrected chi connectivity index (χ3v) is 2.44. The van der Waals surface area contributed by atoms with Crippen molar-refractivity contribution in [3.63, 3.8) is 0 Å². The van der Waals surface area contributed by atoms with Crippen molar-refractivity contribution < 1.29 is 9.47 Å². The zero-order valence-electron chi connectivity index (χ0n) is 12.7. The number of ether oxygens (including phenoxy) is 2. The van der Waals surface area contributed by atoms with Crippen LogP contribution in [0.15, 0.2) is 23.2 Å². The number of hydrogen-bond acceptors (Lipinski definition) is 3. The van der Waals surface area contributed by atoms with E-state index in [1.54, 1.807) is 14.2 Å². The van der Waals surface area contributed by atoms with Gasteiger partial charge in [-0.1, -0.05) is 33.3 Å². The first-order valence-electron chi connectivity index (χ1n) is 6.77. The second kappa shape index (κ2) is 10.2. The van der Waals surface area contributed by atoms with Crippen LogP contribution >= 0.6 is 0 Å². The molecule has 4 nitrogen and oxygen atoms in total. The minimum atomic E-state index is 0.606. The van der Waals surface area contributed by atoms with Crippen molar-refractivity contribution in [3.05, 3.63) is 18.2 Å². The highest BCUT2D eigenvalue weighted by atomic mass is 16.5. The molecule has 0 atom stereocenters. The summed E-state index contributed by atoms with van der Waals surface area (Å²) in [4.78, 5) is 4.38. The fourth-order valence-electron chi connectivity index (χ4n) is 1.50. The van der Waals surface area contributed by atoms with E-state index >= 15 is 0 Å². The Balaban J connectivity index is 0.00000154. The summed E-state index contributed by atoms with van der Waals surface area (Å²) in [6.45, 7) is 6.12. The van der Waals surface area contributed by atoms with E-state index in [1.807, 2.05) is 32.0 Å². The van der Waals surface area contributed by atoms with Crippen molar-refractivity contribution in [2.45, 2.75) is 40.0 Å². The second-order valence-corrected chi connectivity index (χ2v) is 3.72. The van der Waals surface area contributed by atoms with Gasteiger partial charge >= 0.3 is 0 Å². The molecule has 0 bridgehead atoms. The van der Waals surface area contributed by atoms with Crippen LogP contribution in [0.5, 0.6) is 11.5 Å². The number of para-hydroxylation sites is 1. The van der Waals surface area contributed by atoms with Gasteiger partial charge in [-0.25, -0.2) is 4.99 Å². The highest BCUT2D eigenvalue weighted by molar-refractivity contribution is 5.85. The molecule has 1 rings (SSSR count). The maximum absolute atomic E-state index is 5.88. The fraction of sp³-hybridized carbons (Fsp3) is 0.533. The van der Waals surface area contributed by atoms with Crippen LogP contribution in [-0.2, 0) is 0 Å². The standard InChI is InChI=1S/C13H20N2O2.C2H6/c1-4-5-9-12(14)15-13-10(16-2)7-6-8-11(13)17-3;1-2/h6-8H,4-5,9H2,1-3H3,(H2,14,15);1-2H3. The molecule has 1 aromatic carbocycles. The lowest BCUT2D eigenvalue weighted by atomic mass is 10.2. The van der Waals surface area contributed by atoms with Gasteiger partial charge in [0.1, 0.15) is 17.2 Å². The van der Waals surface area contributed by atoms with Gasteiger partial charge in [-0.3, -0.25) is 0 Å². The van der Waals surface area contributed by atoms with Crippen LogP contribution in [0.2, 0.25) is 0 Å². The highest BCUT2D eigenvalue weighted by Gasteiger charge is 2.08. The number of aliphatic imine (C=N–C) groups is 1. The largest absolute Gasteiger partial charge is 0.494 e. The molecular formula is C15H26N2O2. The molecular weight excluding hydrogens is 240 g/mol. The normalized spacial score (nSPS) is 10.5. The summed E-state index contributed by atoms with van der Waals surface area (Å²) in [5.74, 6) is 1.95. The maximum atomic E-state index is 5.88. The van der Waals surface area contributed by atoms with Crippen molar-refractivity contribution in [1.29, 1.82) is 0 Å². The van der Waals surface area contributed by atoms with E-state index in [0.717, 1.165) is 19.3 Å². The topological polar surface area (TPSA) is 56.8 Å². The van der Waals surface area contributed by atoms with Crippen molar-refractivity contribution in [2.24, 2.45) is 10.7 Å². The fourth-order valence-corrected chi connectivity index (χ4v) is 1.50. The molecule has 19 heavy (non-hydrogen) atoms. The van der Waals surface area contributed by atoms with Gasteiger partial charge in [-0.05, 0) is 18.6 Å². The van der Waals surface area contributed by atoms with Crippen molar-refractivity contribution in [2.75, 3.05) is 14.2 Å². The van der Waals surface area contributed by atoms with Gasteiger partial charge in [-0.2, -0.15) is 0 Å². The molecule has 0 saturated carbocycles. The van der Waals surface area contributed by atoms with Gasteiger partial charge in [0, 0.05) is 6.42 Å².